The van der Waals surface area contributed by atoms with E-state index in [4.69, 9.17) is 9.97 Å². The van der Waals surface area contributed by atoms with Gasteiger partial charge in [-0.15, -0.1) is 17.9 Å². The zero-order chi connectivity index (χ0) is 20.2. The van der Waals surface area contributed by atoms with E-state index < -0.39 is 0 Å². The molecule has 0 atom stereocenters. The first kappa shape index (κ1) is 19.4. The summed E-state index contributed by atoms with van der Waals surface area (Å²) in [4.78, 5) is 23.3. The fourth-order valence-electron chi connectivity index (χ4n) is 3.08. The molecular weight excluding hydrogens is 400 g/mol. The third-order valence-electron chi connectivity index (χ3n) is 4.34. The molecular formula is C22H20N4OS2. The van der Waals surface area contributed by atoms with Gasteiger partial charge in [-0.05, 0) is 24.3 Å². The Bertz CT molecular complexity index is 1150. The molecule has 0 fully saturated rings. The average molecular weight is 421 g/mol. The van der Waals surface area contributed by atoms with E-state index in [1.165, 1.54) is 11.3 Å². The van der Waals surface area contributed by atoms with E-state index in [0.29, 0.717) is 17.4 Å². The molecule has 0 bridgehead atoms. The number of anilines is 2. The van der Waals surface area contributed by atoms with Crippen LogP contribution in [0.4, 0.5) is 10.8 Å². The number of thioether (sulfide) groups is 1. The highest BCUT2D eigenvalue weighted by atomic mass is 32.2. The molecule has 2 heterocycles. The molecule has 146 valence electrons. The molecule has 5 nitrogen and oxygen atoms in total. The first-order valence-corrected chi connectivity index (χ1v) is 11.0. The Labute approximate surface area is 177 Å². The van der Waals surface area contributed by atoms with Crippen LogP contribution in [0.25, 0.3) is 11.0 Å². The van der Waals surface area contributed by atoms with Gasteiger partial charge in [0.1, 0.15) is 0 Å². The van der Waals surface area contributed by atoms with E-state index >= 15 is 0 Å². The predicted octanol–water partition coefficient (Wildman–Crippen LogP) is 5.66. The standard InChI is InChI=1S/C22H20N4OS2/c1-3-13-25-20-12-8-7-11-19(20)24-21(25)28-14-17-15-29-22(23-17)26(16(2)27)18-9-5-4-6-10-18/h3-12,15H,1,13-14H2,2H3. The van der Waals surface area contributed by atoms with Crippen molar-refractivity contribution in [1.29, 1.82) is 0 Å². The third-order valence-corrected chi connectivity index (χ3v) is 6.23. The second kappa shape index (κ2) is 8.63. The van der Waals surface area contributed by atoms with Gasteiger partial charge in [-0.3, -0.25) is 9.69 Å². The second-order valence-corrected chi connectivity index (χ2v) is 8.16. The van der Waals surface area contributed by atoms with Crippen molar-refractivity contribution < 1.29 is 4.79 Å². The van der Waals surface area contributed by atoms with Crippen molar-refractivity contribution in [3.8, 4) is 0 Å². The van der Waals surface area contributed by atoms with Crippen molar-refractivity contribution in [2.45, 2.75) is 24.4 Å². The number of carbonyl (C=O) groups excluding carboxylic acids is 1. The van der Waals surface area contributed by atoms with Gasteiger partial charge in [0.05, 0.1) is 22.4 Å². The van der Waals surface area contributed by atoms with Crippen molar-refractivity contribution in [3.05, 3.63) is 78.3 Å². The van der Waals surface area contributed by atoms with Crippen molar-refractivity contribution in [2.75, 3.05) is 4.90 Å². The minimum absolute atomic E-state index is 0.0578. The van der Waals surface area contributed by atoms with Gasteiger partial charge in [0.25, 0.3) is 0 Å². The van der Waals surface area contributed by atoms with Crippen LogP contribution in [-0.2, 0) is 17.1 Å². The number of allylic oxidation sites excluding steroid dienone is 1. The Morgan fingerprint density at radius 1 is 1.17 bits per heavy atom. The van der Waals surface area contributed by atoms with E-state index in [1.807, 2.05) is 60.0 Å². The summed E-state index contributed by atoms with van der Waals surface area (Å²) in [5.74, 6) is 0.620. The zero-order valence-electron chi connectivity index (χ0n) is 16.0. The van der Waals surface area contributed by atoms with Gasteiger partial charge < -0.3 is 4.57 Å². The lowest BCUT2D eigenvalue weighted by molar-refractivity contribution is -0.115. The van der Waals surface area contributed by atoms with E-state index in [9.17, 15) is 4.79 Å². The summed E-state index contributed by atoms with van der Waals surface area (Å²) >= 11 is 3.11. The van der Waals surface area contributed by atoms with Gasteiger partial charge in [-0.1, -0.05) is 48.2 Å². The molecule has 0 N–H and O–H groups in total. The van der Waals surface area contributed by atoms with Crippen LogP contribution in [0.2, 0.25) is 0 Å². The quantitative estimate of drug-likeness (QED) is 0.286. The molecule has 2 aromatic carbocycles. The Morgan fingerprint density at radius 2 is 1.93 bits per heavy atom. The van der Waals surface area contributed by atoms with Crippen LogP contribution in [-0.4, -0.2) is 20.4 Å². The Kier molecular flexibility index (Phi) is 5.78. The lowest BCUT2D eigenvalue weighted by atomic mass is 10.3. The number of hydrogen-bond acceptors (Lipinski definition) is 5. The number of benzene rings is 2. The normalized spacial score (nSPS) is 10.9. The number of thiazole rings is 1. The lowest BCUT2D eigenvalue weighted by Crippen LogP contribution is -2.22. The maximum Gasteiger partial charge on any atom is 0.230 e. The minimum Gasteiger partial charge on any atom is -0.315 e. The Balaban J connectivity index is 1.56. The number of para-hydroxylation sites is 3. The van der Waals surface area contributed by atoms with Crippen LogP contribution in [0.3, 0.4) is 0 Å². The van der Waals surface area contributed by atoms with Gasteiger partial charge in [0.15, 0.2) is 10.3 Å². The zero-order valence-corrected chi connectivity index (χ0v) is 17.6. The monoisotopic (exact) mass is 420 g/mol. The first-order chi connectivity index (χ1) is 14.2. The lowest BCUT2D eigenvalue weighted by Gasteiger charge is -2.17. The molecule has 0 radical (unpaired) electrons. The van der Waals surface area contributed by atoms with Gasteiger partial charge in [0.2, 0.25) is 5.91 Å². The van der Waals surface area contributed by atoms with Crippen molar-refractivity contribution >= 4 is 50.9 Å². The second-order valence-electron chi connectivity index (χ2n) is 6.38. The van der Waals surface area contributed by atoms with Crippen LogP contribution >= 0.6 is 23.1 Å². The summed E-state index contributed by atoms with van der Waals surface area (Å²) in [6, 6.07) is 17.7. The van der Waals surface area contributed by atoms with E-state index in [0.717, 1.165) is 27.6 Å². The molecule has 7 heteroatoms. The summed E-state index contributed by atoms with van der Waals surface area (Å²) < 4.78 is 2.16. The minimum atomic E-state index is -0.0578. The molecule has 0 spiro atoms. The van der Waals surface area contributed by atoms with Crippen molar-refractivity contribution in [2.24, 2.45) is 0 Å². The summed E-state index contributed by atoms with van der Waals surface area (Å²) in [6.07, 6.45) is 1.88. The summed E-state index contributed by atoms with van der Waals surface area (Å²) in [6.45, 7) is 6.13. The van der Waals surface area contributed by atoms with Gasteiger partial charge in [0, 0.05) is 24.6 Å². The van der Waals surface area contributed by atoms with Crippen molar-refractivity contribution in [3.63, 3.8) is 0 Å². The van der Waals surface area contributed by atoms with Crippen LogP contribution in [0.15, 0.2) is 77.8 Å². The van der Waals surface area contributed by atoms with Crippen molar-refractivity contribution in [1.82, 2.24) is 14.5 Å². The Morgan fingerprint density at radius 3 is 2.69 bits per heavy atom. The van der Waals surface area contributed by atoms with Gasteiger partial charge in [-0.25, -0.2) is 9.97 Å². The van der Waals surface area contributed by atoms with Gasteiger partial charge >= 0.3 is 0 Å². The molecule has 0 aliphatic rings. The number of imidazole rings is 1. The SMILES string of the molecule is C=CCn1c(SCc2csc(N(C(C)=O)c3ccccc3)n2)nc2ccccc21. The summed E-state index contributed by atoms with van der Waals surface area (Å²) in [5, 5.41) is 3.62. The molecule has 4 aromatic rings. The van der Waals surface area contributed by atoms with E-state index in [1.54, 1.807) is 23.6 Å². The number of fused-ring (bicyclic) bond motifs is 1. The molecule has 0 aliphatic heterocycles. The molecule has 0 aliphatic carbocycles. The number of nitrogens with zero attached hydrogens (tertiary/aromatic N) is 4. The Hall–Kier alpha value is -2.90. The number of hydrogen-bond donors (Lipinski definition) is 0. The highest BCUT2D eigenvalue weighted by Gasteiger charge is 2.18. The smallest absolute Gasteiger partial charge is 0.230 e. The summed E-state index contributed by atoms with van der Waals surface area (Å²) in [7, 11) is 0. The number of rotatable bonds is 7. The topological polar surface area (TPSA) is 51.0 Å². The van der Waals surface area contributed by atoms with Crippen LogP contribution in [0.1, 0.15) is 12.6 Å². The predicted molar refractivity (Wildman–Crippen MR) is 121 cm³/mol. The molecule has 4 rings (SSSR count). The highest BCUT2D eigenvalue weighted by molar-refractivity contribution is 7.98. The maximum atomic E-state index is 12.2. The largest absolute Gasteiger partial charge is 0.315 e. The highest BCUT2D eigenvalue weighted by Crippen LogP contribution is 2.32. The number of carbonyl (C=O) groups is 1. The molecule has 2 aromatic heterocycles. The molecule has 0 saturated carbocycles. The third kappa shape index (κ3) is 4.11. The van der Waals surface area contributed by atoms with Gasteiger partial charge in [-0.2, -0.15) is 0 Å². The van der Waals surface area contributed by atoms with E-state index in [2.05, 4.69) is 17.2 Å². The number of amides is 1. The first-order valence-electron chi connectivity index (χ1n) is 9.16. The molecule has 29 heavy (non-hydrogen) atoms. The number of aromatic nitrogens is 3. The van der Waals surface area contributed by atoms with Crippen LogP contribution in [0.5, 0.6) is 0 Å². The molecule has 0 unspecified atom stereocenters. The molecule has 0 saturated heterocycles. The summed E-state index contributed by atoms with van der Waals surface area (Å²) in [5.41, 5.74) is 3.82. The fourth-order valence-corrected chi connectivity index (χ4v) is 4.99. The maximum absolute atomic E-state index is 12.2. The average Bonchev–Trinajstić information content (AvgIpc) is 3.32. The van der Waals surface area contributed by atoms with Crippen LogP contribution in [0, 0.1) is 0 Å². The van der Waals surface area contributed by atoms with E-state index in [-0.39, 0.29) is 5.91 Å². The fraction of sp³-hybridized carbons (Fsp3) is 0.136. The van der Waals surface area contributed by atoms with Crippen LogP contribution < -0.4 is 4.90 Å². The molecule has 1 amide bonds.